The highest BCUT2D eigenvalue weighted by Crippen LogP contribution is 2.30. The van der Waals surface area contributed by atoms with Crippen LogP contribution in [0.1, 0.15) is 12.0 Å². The molecule has 1 saturated heterocycles. The zero-order chi connectivity index (χ0) is 14.7. The van der Waals surface area contributed by atoms with E-state index in [-0.39, 0.29) is 11.0 Å². The van der Waals surface area contributed by atoms with Crippen LogP contribution < -0.4 is 16.0 Å². The fourth-order valence-corrected chi connectivity index (χ4v) is 2.88. The Hall–Kier alpha value is -1.53. The Labute approximate surface area is 128 Å². The highest BCUT2D eigenvalue weighted by atomic mass is 35.5. The van der Waals surface area contributed by atoms with E-state index in [9.17, 15) is 4.79 Å². The van der Waals surface area contributed by atoms with Crippen molar-refractivity contribution in [3.05, 3.63) is 28.8 Å². The lowest BCUT2D eigenvalue weighted by Gasteiger charge is -2.22. The van der Waals surface area contributed by atoms with Crippen LogP contribution >= 0.6 is 23.8 Å². The van der Waals surface area contributed by atoms with Crippen LogP contribution in [-0.4, -0.2) is 37.3 Å². The summed E-state index contributed by atoms with van der Waals surface area (Å²) >= 11 is 11.2. The molecule has 2 rings (SSSR count). The standard InChI is InChI=1S/C13H16ClN3O2S/c1-19-13(18)16-8-5-6-17(7-8)10-4-2-3-9(14)11(10)12(15)20/h2-4,8H,5-7H2,1H3,(H2,15,20)(H,16,18). The van der Waals surface area contributed by atoms with Crippen molar-refractivity contribution < 1.29 is 9.53 Å². The molecule has 1 aliphatic rings. The van der Waals surface area contributed by atoms with E-state index in [0.29, 0.717) is 17.1 Å². The molecule has 1 heterocycles. The van der Waals surface area contributed by atoms with E-state index in [2.05, 4.69) is 15.0 Å². The van der Waals surface area contributed by atoms with Crippen molar-refractivity contribution in [2.75, 3.05) is 25.1 Å². The SMILES string of the molecule is COC(=O)NC1CCN(c2cccc(Cl)c2C(N)=S)C1. The molecule has 1 aliphatic heterocycles. The van der Waals surface area contributed by atoms with E-state index < -0.39 is 6.09 Å². The van der Waals surface area contributed by atoms with Crippen LogP contribution in [0.5, 0.6) is 0 Å². The maximum absolute atomic E-state index is 11.2. The summed E-state index contributed by atoms with van der Waals surface area (Å²) in [5, 5.41) is 3.33. The third-order valence-electron chi connectivity index (χ3n) is 3.27. The number of nitrogens with one attached hydrogen (secondary N) is 1. The molecule has 1 aromatic rings. The average molecular weight is 314 g/mol. The van der Waals surface area contributed by atoms with Crippen molar-refractivity contribution >= 4 is 40.6 Å². The number of alkyl carbamates (subject to hydrolysis) is 1. The zero-order valence-electron chi connectivity index (χ0n) is 11.1. The van der Waals surface area contributed by atoms with Crippen molar-refractivity contribution in [2.24, 2.45) is 5.73 Å². The Balaban J connectivity index is 2.16. The summed E-state index contributed by atoms with van der Waals surface area (Å²) in [6.07, 6.45) is 0.413. The van der Waals surface area contributed by atoms with Crippen molar-refractivity contribution in [3.63, 3.8) is 0 Å². The van der Waals surface area contributed by atoms with Crippen molar-refractivity contribution in [2.45, 2.75) is 12.5 Å². The second kappa shape index (κ2) is 6.28. The van der Waals surface area contributed by atoms with Gasteiger partial charge < -0.3 is 20.7 Å². The smallest absolute Gasteiger partial charge is 0.407 e. The lowest BCUT2D eigenvalue weighted by atomic mass is 10.1. The van der Waals surface area contributed by atoms with Gasteiger partial charge in [0, 0.05) is 18.8 Å². The summed E-state index contributed by atoms with van der Waals surface area (Å²) in [4.78, 5) is 13.6. The number of anilines is 1. The first-order chi connectivity index (χ1) is 9.52. The van der Waals surface area contributed by atoms with Crippen LogP contribution in [0.15, 0.2) is 18.2 Å². The number of hydrogen-bond acceptors (Lipinski definition) is 4. The summed E-state index contributed by atoms with van der Waals surface area (Å²) in [5.41, 5.74) is 7.34. The fourth-order valence-electron chi connectivity index (χ4n) is 2.34. The Morgan fingerprint density at radius 2 is 2.35 bits per heavy atom. The first kappa shape index (κ1) is 14.9. The predicted octanol–water partition coefficient (Wildman–Crippen LogP) is 1.91. The van der Waals surface area contributed by atoms with Crippen molar-refractivity contribution in [3.8, 4) is 0 Å². The van der Waals surface area contributed by atoms with Gasteiger partial charge in [0.1, 0.15) is 4.99 Å². The van der Waals surface area contributed by atoms with Crippen LogP contribution in [-0.2, 0) is 4.74 Å². The summed E-state index contributed by atoms with van der Waals surface area (Å²) in [6.45, 7) is 1.47. The van der Waals surface area contributed by atoms with Crippen LogP contribution in [0, 0.1) is 0 Å². The minimum Gasteiger partial charge on any atom is -0.453 e. The largest absolute Gasteiger partial charge is 0.453 e. The van der Waals surface area contributed by atoms with Gasteiger partial charge in [0.05, 0.1) is 23.7 Å². The van der Waals surface area contributed by atoms with Crippen LogP contribution in [0.3, 0.4) is 0 Å². The number of nitrogens with two attached hydrogens (primary N) is 1. The molecule has 1 unspecified atom stereocenters. The van der Waals surface area contributed by atoms with Crippen LogP contribution in [0.2, 0.25) is 5.02 Å². The molecule has 5 nitrogen and oxygen atoms in total. The average Bonchev–Trinajstić information content (AvgIpc) is 2.86. The number of carbonyl (C=O) groups is 1. The molecular weight excluding hydrogens is 298 g/mol. The molecule has 1 atom stereocenters. The van der Waals surface area contributed by atoms with E-state index in [0.717, 1.165) is 18.7 Å². The number of methoxy groups -OCH3 is 1. The van der Waals surface area contributed by atoms with E-state index in [1.165, 1.54) is 7.11 Å². The summed E-state index contributed by atoms with van der Waals surface area (Å²) in [5.74, 6) is 0. The summed E-state index contributed by atoms with van der Waals surface area (Å²) in [7, 11) is 1.35. The van der Waals surface area contributed by atoms with E-state index in [4.69, 9.17) is 29.6 Å². The predicted molar refractivity (Wildman–Crippen MR) is 83.5 cm³/mol. The molecule has 7 heteroatoms. The lowest BCUT2D eigenvalue weighted by Crippen LogP contribution is -2.37. The van der Waals surface area contributed by atoms with Gasteiger partial charge in [0.2, 0.25) is 0 Å². The van der Waals surface area contributed by atoms with Gasteiger partial charge in [-0.05, 0) is 18.6 Å². The topological polar surface area (TPSA) is 67.6 Å². The molecule has 108 valence electrons. The molecule has 0 aliphatic carbocycles. The Bertz CT molecular complexity index is 538. The number of thiocarbonyl (C=S) groups is 1. The molecule has 20 heavy (non-hydrogen) atoms. The lowest BCUT2D eigenvalue weighted by molar-refractivity contribution is 0.167. The monoisotopic (exact) mass is 313 g/mol. The van der Waals surface area contributed by atoms with Gasteiger partial charge in [-0.25, -0.2) is 4.79 Å². The number of rotatable bonds is 3. The van der Waals surface area contributed by atoms with Gasteiger partial charge in [-0.3, -0.25) is 0 Å². The number of amides is 1. The molecule has 0 radical (unpaired) electrons. The Morgan fingerprint density at radius 1 is 1.60 bits per heavy atom. The second-order valence-corrected chi connectivity index (χ2v) is 5.41. The van der Waals surface area contributed by atoms with E-state index in [1.54, 1.807) is 6.07 Å². The molecule has 0 bridgehead atoms. The van der Waals surface area contributed by atoms with Gasteiger partial charge in [-0.1, -0.05) is 29.9 Å². The summed E-state index contributed by atoms with van der Waals surface area (Å²) < 4.78 is 4.60. The van der Waals surface area contributed by atoms with Crippen molar-refractivity contribution in [1.29, 1.82) is 0 Å². The van der Waals surface area contributed by atoms with E-state index >= 15 is 0 Å². The van der Waals surface area contributed by atoms with Gasteiger partial charge >= 0.3 is 6.09 Å². The van der Waals surface area contributed by atoms with Crippen LogP contribution in [0.25, 0.3) is 0 Å². The number of hydrogen-bond donors (Lipinski definition) is 2. The maximum atomic E-state index is 11.2. The van der Waals surface area contributed by atoms with Crippen LogP contribution in [0.4, 0.5) is 10.5 Å². The third-order valence-corrected chi connectivity index (χ3v) is 3.79. The first-order valence-electron chi connectivity index (χ1n) is 6.20. The maximum Gasteiger partial charge on any atom is 0.407 e. The minimum atomic E-state index is -0.419. The second-order valence-electron chi connectivity index (χ2n) is 4.57. The van der Waals surface area contributed by atoms with Crippen molar-refractivity contribution in [1.82, 2.24) is 5.32 Å². The fraction of sp³-hybridized carbons (Fsp3) is 0.385. The highest BCUT2D eigenvalue weighted by Gasteiger charge is 2.26. The van der Waals surface area contributed by atoms with Gasteiger partial charge in [-0.2, -0.15) is 0 Å². The number of benzene rings is 1. The highest BCUT2D eigenvalue weighted by molar-refractivity contribution is 7.80. The number of nitrogens with zero attached hydrogens (tertiary/aromatic N) is 1. The van der Waals surface area contributed by atoms with Gasteiger partial charge in [-0.15, -0.1) is 0 Å². The molecule has 0 spiro atoms. The molecule has 0 saturated carbocycles. The molecule has 0 aromatic heterocycles. The summed E-state index contributed by atoms with van der Waals surface area (Å²) in [6, 6.07) is 5.60. The zero-order valence-corrected chi connectivity index (χ0v) is 12.6. The Morgan fingerprint density at radius 3 is 3.00 bits per heavy atom. The minimum absolute atomic E-state index is 0.0422. The molecule has 1 amide bonds. The molecule has 1 fully saturated rings. The van der Waals surface area contributed by atoms with E-state index in [1.807, 2.05) is 12.1 Å². The number of ether oxygens (including phenoxy) is 1. The van der Waals surface area contributed by atoms with Gasteiger partial charge in [0.15, 0.2) is 0 Å². The Kier molecular flexibility index (Phi) is 4.67. The normalized spacial score (nSPS) is 17.9. The molecule has 1 aromatic carbocycles. The number of carbonyl (C=O) groups excluding carboxylic acids is 1. The quantitative estimate of drug-likeness (QED) is 0.834. The molecular formula is C13H16ClN3O2S. The van der Waals surface area contributed by atoms with Gasteiger partial charge in [0.25, 0.3) is 0 Å². The number of halogens is 1. The molecule has 3 N–H and O–H groups in total. The third kappa shape index (κ3) is 3.13. The first-order valence-corrected chi connectivity index (χ1v) is 6.99.